The van der Waals surface area contributed by atoms with Gasteiger partial charge in [-0.15, -0.1) is 0 Å². The van der Waals surface area contributed by atoms with E-state index in [2.05, 4.69) is 52.5 Å². The first kappa shape index (κ1) is 50.2. The maximum atomic E-state index is 14.8. The van der Waals surface area contributed by atoms with Crippen LogP contribution < -0.4 is 47.9 Å². The predicted octanol–water partition coefficient (Wildman–Crippen LogP) is 3.57. The predicted molar refractivity (Wildman–Crippen MR) is 253 cm³/mol. The van der Waals surface area contributed by atoms with Crippen molar-refractivity contribution < 1.29 is 33.4 Å². The highest BCUT2D eigenvalue weighted by Gasteiger charge is 2.36. The molecule has 1 aliphatic heterocycles. The molecule has 0 saturated heterocycles. The van der Waals surface area contributed by atoms with Gasteiger partial charge in [0.15, 0.2) is 0 Å². The van der Waals surface area contributed by atoms with Gasteiger partial charge in [0.05, 0.1) is 6.07 Å². The number of carbonyl (C=O) groups is 5. The number of unbranched alkanes of at least 4 members (excludes halogenated alkanes) is 1. The van der Waals surface area contributed by atoms with Crippen LogP contribution in [-0.2, 0) is 32.0 Å². The number of nitriles is 1. The van der Waals surface area contributed by atoms with Crippen molar-refractivity contribution in [3.05, 3.63) is 107 Å². The van der Waals surface area contributed by atoms with Crippen LogP contribution >= 0.6 is 0 Å². The largest absolute Gasteiger partial charge is 0.492 e. The minimum atomic E-state index is -1.36. The summed E-state index contributed by atoms with van der Waals surface area (Å²) in [5, 5.41) is 20.1. The Morgan fingerprint density at radius 3 is 2.15 bits per heavy atom. The van der Waals surface area contributed by atoms with Gasteiger partial charge in [0.2, 0.25) is 23.6 Å². The topological polar surface area (TPSA) is 257 Å². The number of hydrogen-bond acceptors (Lipinski definition) is 11. The Morgan fingerprint density at radius 2 is 1.52 bits per heavy atom. The fourth-order valence-corrected chi connectivity index (χ4v) is 7.86. The number of amides is 5. The zero-order chi connectivity index (χ0) is 47.8. The van der Waals surface area contributed by atoms with Crippen LogP contribution in [0.5, 0.6) is 11.5 Å². The van der Waals surface area contributed by atoms with Crippen molar-refractivity contribution in [2.24, 2.45) is 17.2 Å². The van der Waals surface area contributed by atoms with Crippen LogP contribution in [0.2, 0.25) is 0 Å². The van der Waals surface area contributed by atoms with Crippen LogP contribution in [0.1, 0.15) is 78.2 Å². The standard InChI is InChI=1S/C50H63N9O7/c1-5-6-8-33-10-13-35(14-11-33)36-15-17-38(31(2)27-36)47(61)57-41(9-7-20-51)50(64)59(4)45-37-16-19-44(66-26-23-54)40(30-37)39-28-34(12-18-43(39)65-25-22-53)29-42(48(62)55-24-21-52)58-46(60)32(3)56-49(45)63/h10-19,27-28,30,32,41-42,45H,5-9,20,22-26,29,51,53-54H2,1-4H3,(H,55,62)(H,56,63)(H,57,61)(H,58,60)/t32-,41-,42-,45-/m0/s1. The number of fused-ring (bicyclic) bond motifs is 5. The van der Waals surface area contributed by atoms with Gasteiger partial charge in [0.1, 0.15) is 55.4 Å². The number of nitrogens with two attached hydrogens (primary N) is 3. The van der Waals surface area contributed by atoms with Crippen molar-refractivity contribution in [2.45, 2.75) is 83.5 Å². The van der Waals surface area contributed by atoms with E-state index in [1.807, 2.05) is 25.1 Å². The number of carbonyl (C=O) groups excluding carboxylic acids is 5. The Balaban J connectivity index is 1.55. The van der Waals surface area contributed by atoms with Crippen molar-refractivity contribution >= 4 is 29.5 Å². The average molecular weight is 902 g/mol. The van der Waals surface area contributed by atoms with Crippen LogP contribution in [0.4, 0.5) is 0 Å². The molecule has 16 nitrogen and oxygen atoms in total. The lowest BCUT2D eigenvalue weighted by molar-refractivity contribution is -0.141. The Morgan fingerprint density at radius 1 is 0.848 bits per heavy atom. The van der Waals surface area contributed by atoms with Gasteiger partial charge in [0.25, 0.3) is 5.91 Å². The zero-order valence-electron chi connectivity index (χ0n) is 38.3. The minimum absolute atomic E-state index is 0.0128. The van der Waals surface area contributed by atoms with Gasteiger partial charge in [-0.25, -0.2) is 0 Å². The second kappa shape index (κ2) is 24.5. The van der Waals surface area contributed by atoms with Crippen LogP contribution in [-0.4, -0.2) is 99.0 Å². The average Bonchev–Trinajstić information content (AvgIpc) is 3.32. The molecule has 0 radical (unpaired) electrons. The summed E-state index contributed by atoms with van der Waals surface area (Å²) in [5.74, 6) is -2.27. The molecule has 0 spiro atoms. The maximum absolute atomic E-state index is 14.8. The highest BCUT2D eigenvalue weighted by molar-refractivity contribution is 6.00. The van der Waals surface area contributed by atoms with Gasteiger partial charge in [-0.2, -0.15) is 5.26 Å². The second-order valence-corrected chi connectivity index (χ2v) is 16.4. The van der Waals surface area contributed by atoms with E-state index >= 15 is 0 Å². The lowest BCUT2D eigenvalue weighted by Crippen LogP contribution is -2.56. The third-order valence-electron chi connectivity index (χ3n) is 11.4. The van der Waals surface area contributed by atoms with E-state index < -0.39 is 53.7 Å². The number of rotatable bonds is 19. The third-order valence-corrected chi connectivity index (χ3v) is 11.4. The van der Waals surface area contributed by atoms with Gasteiger partial charge in [-0.3, -0.25) is 24.0 Å². The molecule has 350 valence electrons. The summed E-state index contributed by atoms with van der Waals surface area (Å²) in [6.07, 6.45) is 3.82. The highest BCUT2D eigenvalue weighted by Crippen LogP contribution is 2.40. The van der Waals surface area contributed by atoms with E-state index in [1.165, 1.54) is 24.4 Å². The summed E-state index contributed by atoms with van der Waals surface area (Å²) in [5.41, 5.74) is 23.9. The number of hydrogen-bond donors (Lipinski definition) is 7. The van der Waals surface area contributed by atoms with Gasteiger partial charge >= 0.3 is 0 Å². The van der Waals surface area contributed by atoms with E-state index in [1.54, 1.807) is 42.5 Å². The van der Waals surface area contributed by atoms with E-state index in [4.69, 9.17) is 26.7 Å². The summed E-state index contributed by atoms with van der Waals surface area (Å²) in [7, 11) is 1.46. The molecule has 0 unspecified atom stereocenters. The minimum Gasteiger partial charge on any atom is -0.492 e. The van der Waals surface area contributed by atoms with Crippen molar-refractivity contribution in [1.29, 1.82) is 5.26 Å². The molecule has 0 fully saturated rings. The van der Waals surface area contributed by atoms with E-state index in [0.29, 0.717) is 51.3 Å². The fraction of sp³-hybridized carbons (Fsp3) is 0.400. The molecule has 5 rings (SSSR count). The molecule has 10 N–H and O–H groups in total. The molecule has 1 heterocycles. The van der Waals surface area contributed by atoms with Gasteiger partial charge in [-0.1, -0.05) is 61.9 Å². The van der Waals surface area contributed by atoms with Crippen LogP contribution in [0.15, 0.2) is 78.9 Å². The zero-order valence-corrected chi connectivity index (χ0v) is 38.3. The lowest BCUT2D eigenvalue weighted by Gasteiger charge is -2.33. The summed E-state index contributed by atoms with van der Waals surface area (Å²) < 4.78 is 12.2. The van der Waals surface area contributed by atoms with Gasteiger partial charge in [0, 0.05) is 43.2 Å². The smallest absolute Gasteiger partial charge is 0.252 e. The molecular weight excluding hydrogens is 839 g/mol. The number of benzene rings is 4. The highest BCUT2D eigenvalue weighted by atomic mass is 16.5. The molecule has 1 aliphatic rings. The summed E-state index contributed by atoms with van der Waals surface area (Å²) in [4.78, 5) is 71.8. The number of nitrogens with one attached hydrogen (secondary N) is 4. The number of likely N-dealkylation sites (N-methyl/N-ethyl adjacent to an activating group) is 1. The molecule has 4 bridgehead atoms. The normalized spacial score (nSPS) is 16.4. The molecule has 0 aromatic heterocycles. The van der Waals surface area contributed by atoms with Crippen LogP contribution in [0.3, 0.4) is 0 Å². The van der Waals surface area contributed by atoms with Crippen molar-refractivity contribution in [2.75, 3.05) is 46.4 Å². The first-order valence-electron chi connectivity index (χ1n) is 22.5. The lowest BCUT2D eigenvalue weighted by atomic mass is 9.93. The van der Waals surface area contributed by atoms with Crippen LogP contribution in [0, 0.1) is 18.3 Å². The molecular formula is C50H63N9O7. The molecule has 4 aromatic rings. The molecule has 5 amide bonds. The Labute approximate surface area is 386 Å². The maximum Gasteiger partial charge on any atom is 0.252 e. The van der Waals surface area contributed by atoms with Crippen molar-refractivity contribution in [3.8, 4) is 39.8 Å². The molecule has 0 aliphatic carbocycles. The summed E-state index contributed by atoms with van der Waals surface area (Å²) >= 11 is 0. The Kier molecular flexibility index (Phi) is 18.6. The SMILES string of the molecule is CCCCc1ccc(-c2ccc(C(=O)N[C@@H](CCCN)C(=O)N(C)[C@@H]3C(=O)N[C@@H](C)C(=O)N[C@H](C(=O)NCC#N)Cc4ccc(OCCN)c(c4)-c4cc3ccc4OCCN)c(C)c2)cc1. The molecule has 4 atom stereocenters. The van der Waals surface area contributed by atoms with E-state index in [0.717, 1.165) is 30.4 Å². The molecule has 66 heavy (non-hydrogen) atoms. The quantitative estimate of drug-likeness (QED) is 0.0670. The van der Waals surface area contributed by atoms with Crippen LogP contribution in [0.25, 0.3) is 22.3 Å². The summed E-state index contributed by atoms with van der Waals surface area (Å²) in [6.45, 7) is 6.12. The fourth-order valence-electron chi connectivity index (χ4n) is 7.86. The van der Waals surface area contributed by atoms with Gasteiger partial charge in [-0.05, 0) is 110 Å². The van der Waals surface area contributed by atoms with Gasteiger partial charge < -0.3 is 52.8 Å². The van der Waals surface area contributed by atoms with E-state index in [-0.39, 0.29) is 52.2 Å². The molecule has 4 aromatic carbocycles. The Hall–Kier alpha value is -6.80. The third kappa shape index (κ3) is 12.9. The molecule has 16 heteroatoms. The molecule has 0 saturated carbocycles. The monoisotopic (exact) mass is 901 g/mol. The Bertz CT molecular complexity index is 2380. The van der Waals surface area contributed by atoms with Crippen molar-refractivity contribution in [3.63, 3.8) is 0 Å². The number of ether oxygens (including phenoxy) is 2. The second-order valence-electron chi connectivity index (χ2n) is 16.4. The number of aryl methyl sites for hydroxylation is 2. The van der Waals surface area contributed by atoms with Crippen molar-refractivity contribution in [1.82, 2.24) is 26.2 Å². The summed E-state index contributed by atoms with van der Waals surface area (Å²) in [6, 6.07) is 21.3. The number of nitrogens with zero attached hydrogens (tertiary/aromatic N) is 2. The first-order chi connectivity index (χ1) is 31.8. The van der Waals surface area contributed by atoms with E-state index in [9.17, 15) is 29.2 Å². The first-order valence-corrected chi connectivity index (χ1v) is 22.5.